The maximum absolute atomic E-state index is 9.57. The molecule has 3 aromatic rings. The van der Waals surface area contributed by atoms with Gasteiger partial charge in [-0.3, -0.25) is 5.43 Å². The van der Waals surface area contributed by atoms with Gasteiger partial charge >= 0.3 is 0 Å². The van der Waals surface area contributed by atoms with E-state index in [1.54, 1.807) is 13.3 Å². The minimum absolute atomic E-state index is 0.318. The molecule has 0 bridgehead atoms. The molecule has 0 fully saturated rings. The van der Waals surface area contributed by atoms with Crippen LogP contribution >= 0.6 is 38.5 Å². The fourth-order valence-electron chi connectivity index (χ4n) is 3.19. The molecule has 0 unspecified atom stereocenters. The Bertz CT molecular complexity index is 1210. The van der Waals surface area contributed by atoms with Gasteiger partial charge in [0.25, 0.3) is 0 Å². The molecular formula is C25H24BrIN4O3. The van der Waals surface area contributed by atoms with E-state index in [-0.39, 0.29) is 0 Å². The molecule has 1 aromatic heterocycles. The molecule has 0 aliphatic rings. The summed E-state index contributed by atoms with van der Waals surface area (Å²) in [5.41, 5.74) is 6.65. The summed E-state index contributed by atoms with van der Waals surface area (Å²) in [7, 11) is 1.59. The SMILES string of the molecule is CCOc1cc(/C=N/Nc2nc(C)cc(COC)c2C#N)cc(Br)c1OCc1ccc(I)cc1. The van der Waals surface area contributed by atoms with E-state index in [1.807, 2.05) is 56.3 Å². The van der Waals surface area contributed by atoms with Gasteiger partial charge in [0.05, 0.1) is 23.9 Å². The largest absolute Gasteiger partial charge is 0.490 e. The van der Waals surface area contributed by atoms with Crippen LogP contribution in [-0.4, -0.2) is 24.9 Å². The van der Waals surface area contributed by atoms with Gasteiger partial charge in [0, 0.05) is 21.9 Å². The molecule has 7 nitrogen and oxygen atoms in total. The van der Waals surface area contributed by atoms with Gasteiger partial charge in [-0.25, -0.2) is 4.98 Å². The van der Waals surface area contributed by atoms with Crippen molar-refractivity contribution in [2.24, 2.45) is 5.10 Å². The lowest BCUT2D eigenvalue weighted by Crippen LogP contribution is -2.04. The molecule has 2 aromatic carbocycles. The number of hydrogen-bond donors (Lipinski definition) is 1. The standard InChI is InChI=1S/C25H24BrIN4O3/c1-4-33-23-11-18(10-22(26)24(23)34-14-17-5-7-20(27)8-6-17)13-29-31-25-21(12-28)19(15-32-3)9-16(2)30-25/h5-11,13H,4,14-15H2,1-3H3,(H,30,31)/b29-13+. The number of nitrogens with zero attached hydrogens (tertiary/aromatic N) is 3. The van der Waals surface area contributed by atoms with Crippen LogP contribution in [0.1, 0.15) is 34.9 Å². The summed E-state index contributed by atoms with van der Waals surface area (Å²) in [6, 6.07) is 15.9. The number of methoxy groups -OCH3 is 1. The smallest absolute Gasteiger partial charge is 0.175 e. The van der Waals surface area contributed by atoms with E-state index in [9.17, 15) is 5.26 Å². The lowest BCUT2D eigenvalue weighted by atomic mass is 10.1. The zero-order valence-electron chi connectivity index (χ0n) is 19.1. The summed E-state index contributed by atoms with van der Waals surface area (Å²) in [6.45, 7) is 5.01. The molecule has 0 spiro atoms. The van der Waals surface area contributed by atoms with Crippen molar-refractivity contribution in [2.75, 3.05) is 19.1 Å². The highest BCUT2D eigenvalue weighted by Gasteiger charge is 2.13. The molecule has 0 saturated carbocycles. The first-order chi connectivity index (χ1) is 16.4. The van der Waals surface area contributed by atoms with Gasteiger partial charge in [-0.05, 0) is 93.8 Å². The molecule has 34 heavy (non-hydrogen) atoms. The van der Waals surface area contributed by atoms with E-state index in [2.05, 4.69) is 60.1 Å². The van der Waals surface area contributed by atoms with Gasteiger partial charge in [0.15, 0.2) is 17.3 Å². The predicted octanol–water partition coefficient (Wildman–Crippen LogP) is 6.20. The molecule has 0 aliphatic carbocycles. The fraction of sp³-hybridized carbons (Fsp3) is 0.240. The number of aryl methyl sites for hydroxylation is 1. The lowest BCUT2D eigenvalue weighted by Gasteiger charge is -2.15. The number of halogens is 2. The number of rotatable bonds is 10. The minimum Gasteiger partial charge on any atom is -0.490 e. The lowest BCUT2D eigenvalue weighted by molar-refractivity contribution is 0.184. The monoisotopic (exact) mass is 634 g/mol. The van der Waals surface area contributed by atoms with Crippen molar-refractivity contribution < 1.29 is 14.2 Å². The number of pyridine rings is 1. The van der Waals surface area contributed by atoms with Crippen molar-refractivity contribution in [2.45, 2.75) is 27.1 Å². The molecule has 176 valence electrons. The van der Waals surface area contributed by atoms with Gasteiger partial charge in [-0.15, -0.1) is 0 Å². The van der Waals surface area contributed by atoms with Crippen LogP contribution in [0.25, 0.3) is 0 Å². The number of nitriles is 1. The number of aromatic nitrogens is 1. The van der Waals surface area contributed by atoms with E-state index < -0.39 is 0 Å². The number of hydrazone groups is 1. The maximum atomic E-state index is 9.57. The van der Waals surface area contributed by atoms with Crippen LogP contribution in [0.15, 0.2) is 52.0 Å². The molecule has 9 heteroatoms. The van der Waals surface area contributed by atoms with Crippen LogP contribution in [-0.2, 0) is 18.0 Å². The third-order valence-corrected chi connectivity index (χ3v) is 5.96. The fourth-order valence-corrected chi connectivity index (χ4v) is 4.12. The van der Waals surface area contributed by atoms with E-state index in [4.69, 9.17) is 14.2 Å². The van der Waals surface area contributed by atoms with Crippen molar-refractivity contribution in [3.63, 3.8) is 0 Å². The second-order valence-electron chi connectivity index (χ2n) is 7.24. The van der Waals surface area contributed by atoms with E-state index >= 15 is 0 Å². The Balaban J connectivity index is 1.80. The summed E-state index contributed by atoms with van der Waals surface area (Å²) in [6.07, 6.45) is 1.64. The van der Waals surface area contributed by atoms with Crippen molar-refractivity contribution in [3.05, 3.63) is 78.5 Å². The van der Waals surface area contributed by atoms with Crippen LogP contribution in [0.5, 0.6) is 11.5 Å². The number of ether oxygens (including phenoxy) is 3. The van der Waals surface area contributed by atoms with Crippen molar-refractivity contribution in [3.8, 4) is 17.6 Å². The third-order valence-electron chi connectivity index (χ3n) is 4.65. The van der Waals surface area contributed by atoms with Gasteiger partial charge < -0.3 is 14.2 Å². The van der Waals surface area contributed by atoms with Crippen LogP contribution in [0.4, 0.5) is 5.82 Å². The molecular weight excluding hydrogens is 611 g/mol. The number of benzene rings is 2. The highest BCUT2D eigenvalue weighted by molar-refractivity contribution is 14.1. The molecule has 0 aliphatic heterocycles. The normalized spacial score (nSPS) is 10.8. The Morgan fingerprint density at radius 1 is 1.18 bits per heavy atom. The summed E-state index contributed by atoms with van der Waals surface area (Å²) < 4.78 is 19.0. The quantitative estimate of drug-likeness (QED) is 0.162. The third kappa shape index (κ3) is 6.91. The van der Waals surface area contributed by atoms with E-state index in [0.29, 0.717) is 42.7 Å². The Kier molecular flexibility index (Phi) is 9.68. The maximum Gasteiger partial charge on any atom is 0.175 e. The van der Waals surface area contributed by atoms with Crippen molar-refractivity contribution >= 4 is 50.6 Å². The van der Waals surface area contributed by atoms with Crippen LogP contribution < -0.4 is 14.9 Å². The van der Waals surface area contributed by atoms with Gasteiger partial charge in [0.1, 0.15) is 18.2 Å². The summed E-state index contributed by atoms with van der Waals surface area (Å²) in [4.78, 5) is 4.40. The molecule has 3 rings (SSSR count). The van der Waals surface area contributed by atoms with Crippen LogP contribution in [0, 0.1) is 21.8 Å². The summed E-state index contributed by atoms with van der Waals surface area (Å²) in [5, 5.41) is 13.9. The summed E-state index contributed by atoms with van der Waals surface area (Å²) in [5.74, 6) is 1.62. The second kappa shape index (κ2) is 12.7. The Morgan fingerprint density at radius 3 is 2.62 bits per heavy atom. The Hall–Kier alpha value is -2.68. The van der Waals surface area contributed by atoms with Gasteiger partial charge in [-0.2, -0.15) is 10.4 Å². The molecule has 0 amide bonds. The van der Waals surface area contributed by atoms with E-state index in [1.165, 1.54) is 3.57 Å². The molecule has 0 saturated heterocycles. The van der Waals surface area contributed by atoms with E-state index in [0.717, 1.165) is 26.9 Å². The highest BCUT2D eigenvalue weighted by Crippen LogP contribution is 2.37. The second-order valence-corrected chi connectivity index (χ2v) is 9.34. The Labute approximate surface area is 221 Å². The van der Waals surface area contributed by atoms with Crippen LogP contribution in [0.3, 0.4) is 0 Å². The van der Waals surface area contributed by atoms with Crippen molar-refractivity contribution in [1.82, 2.24) is 4.98 Å². The molecule has 0 atom stereocenters. The zero-order chi connectivity index (χ0) is 24.5. The Morgan fingerprint density at radius 2 is 1.94 bits per heavy atom. The summed E-state index contributed by atoms with van der Waals surface area (Å²) >= 11 is 5.87. The topological polar surface area (TPSA) is 88.8 Å². The zero-order valence-corrected chi connectivity index (χ0v) is 22.8. The highest BCUT2D eigenvalue weighted by atomic mass is 127. The predicted molar refractivity (Wildman–Crippen MR) is 144 cm³/mol. The molecule has 0 radical (unpaired) electrons. The average Bonchev–Trinajstić information content (AvgIpc) is 2.80. The van der Waals surface area contributed by atoms with Crippen molar-refractivity contribution in [1.29, 1.82) is 5.26 Å². The molecule has 1 N–H and O–H groups in total. The first-order valence-corrected chi connectivity index (χ1v) is 12.3. The van der Waals surface area contributed by atoms with Gasteiger partial charge in [-0.1, -0.05) is 12.1 Å². The number of hydrogen-bond acceptors (Lipinski definition) is 7. The minimum atomic E-state index is 0.318. The average molecular weight is 635 g/mol. The van der Waals surface area contributed by atoms with Gasteiger partial charge in [0.2, 0.25) is 0 Å². The van der Waals surface area contributed by atoms with Crippen LogP contribution in [0.2, 0.25) is 0 Å². The number of anilines is 1. The first kappa shape index (κ1) is 25.9. The number of nitrogens with one attached hydrogen (secondary N) is 1. The first-order valence-electron chi connectivity index (χ1n) is 10.5. The molecule has 1 heterocycles.